The maximum Gasteiger partial charge on any atom is 0.255 e. The van der Waals surface area contributed by atoms with E-state index in [-0.39, 0.29) is 12.5 Å². The molecule has 2 amide bonds. The summed E-state index contributed by atoms with van der Waals surface area (Å²) in [5.74, 6) is -0.306. The second-order valence-electron chi connectivity index (χ2n) is 4.71. The highest BCUT2D eigenvalue weighted by Gasteiger charge is 2.03. The van der Waals surface area contributed by atoms with Crippen molar-refractivity contribution >= 4 is 17.9 Å². The fourth-order valence-corrected chi connectivity index (χ4v) is 1.81. The first kappa shape index (κ1) is 16.2. The molecule has 1 aromatic heterocycles. The van der Waals surface area contributed by atoms with E-state index < -0.39 is 5.91 Å². The summed E-state index contributed by atoms with van der Waals surface area (Å²) >= 11 is 0. The van der Waals surface area contributed by atoms with E-state index in [1.807, 2.05) is 18.2 Å². The van der Waals surface area contributed by atoms with E-state index in [1.165, 1.54) is 6.08 Å². The molecule has 0 saturated heterocycles. The third kappa shape index (κ3) is 5.62. The van der Waals surface area contributed by atoms with Crippen molar-refractivity contribution in [1.29, 1.82) is 0 Å². The zero-order valence-electron chi connectivity index (χ0n) is 12.4. The van der Waals surface area contributed by atoms with Gasteiger partial charge in [0.1, 0.15) is 5.75 Å². The second-order valence-corrected chi connectivity index (χ2v) is 4.71. The Labute approximate surface area is 134 Å². The summed E-state index contributed by atoms with van der Waals surface area (Å²) in [6, 6.07) is 10.8. The Bertz CT molecular complexity index is 699. The molecule has 0 fully saturated rings. The van der Waals surface area contributed by atoms with E-state index in [0.29, 0.717) is 17.9 Å². The van der Waals surface area contributed by atoms with Gasteiger partial charge in [0.05, 0.1) is 0 Å². The SMILES string of the molecule is NC(=O)COc1ccccc1C=CC(=O)NCc1cccnc1. The van der Waals surface area contributed by atoms with Gasteiger partial charge in [-0.1, -0.05) is 24.3 Å². The Hall–Kier alpha value is -3.15. The molecule has 0 radical (unpaired) electrons. The van der Waals surface area contributed by atoms with Gasteiger partial charge >= 0.3 is 0 Å². The summed E-state index contributed by atoms with van der Waals surface area (Å²) in [7, 11) is 0. The topological polar surface area (TPSA) is 94.3 Å². The Morgan fingerprint density at radius 3 is 2.78 bits per heavy atom. The molecule has 23 heavy (non-hydrogen) atoms. The van der Waals surface area contributed by atoms with Crippen LogP contribution in [0.5, 0.6) is 5.75 Å². The zero-order valence-corrected chi connectivity index (χ0v) is 12.4. The maximum atomic E-state index is 11.8. The number of hydrogen-bond donors (Lipinski definition) is 2. The quantitative estimate of drug-likeness (QED) is 0.753. The molecule has 0 aliphatic heterocycles. The summed E-state index contributed by atoms with van der Waals surface area (Å²) in [4.78, 5) is 26.6. The number of para-hydroxylation sites is 1. The summed E-state index contributed by atoms with van der Waals surface area (Å²) < 4.78 is 5.29. The number of primary amides is 1. The monoisotopic (exact) mass is 311 g/mol. The van der Waals surface area contributed by atoms with E-state index in [1.54, 1.807) is 36.7 Å². The summed E-state index contributed by atoms with van der Waals surface area (Å²) in [6.45, 7) is 0.189. The van der Waals surface area contributed by atoms with Crippen LogP contribution in [-0.4, -0.2) is 23.4 Å². The average molecular weight is 311 g/mol. The summed E-state index contributed by atoms with van der Waals surface area (Å²) in [5.41, 5.74) is 6.66. The largest absolute Gasteiger partial charge is 0.483 e. The molecule has 2 aromatic rings. The van der Waals surface area contributed by atoms with E-state index >= 15 is 0 Å². The van der Waals surface area contributed by atoms with Crippen molar-refractivity contribution in [3.8, 4) is 5.75 Å². The second kappa shape index (κ2) is 8.33. The van der Waals surface area contributed by atoms with Crippen molar-refractivity contribution in [1.82, 2.24) is 10.3 Å². The van der Waals surface area contributed by atoms with Crippen LogP contribution >= 0.6 is 0 Å². The molecule has 0 atom stereocenters. The first-order valence-corrected chi connectivity index (χ1v) is 7.00. The molecule has 0 aliphatic carbocycles. The first-order chi connectivity index (χ1) is 11.1. The number of rotatable bonds is 7. The Kier molecular flexibility index (Phi) is 5.88. The number of carbonyl (C=O) groups is 2. The van der Waals surface area contributed by atoms with E-state index in [9.17, 15) is 9.59 Å². The van der Waals surface area contributed by atoms with Gasteiger partial charge in [-0.05, 0) is 23.8 Å². The van der Waals surface area contributed by atoms with Gasteiger partial charge in [0.25, 0.3) is 5.91 Å². The van der Waals surface area contributed by atoms with Crippen molar-refractivity contribution in [2.45, 2.75) is 6.54 Å². The van der Waals surface area contributed by atoms with E-state index in [0.717, 1.165) is 5.56 Å². The normalized spacial score (nSPS) is 10.4. The predicted molar refractivity (Wildman–Crippen MR) is 86.2 cm³/mol. The van der Waals surface area contributed by atoms with Gasteiger partial charge in [-0.25, -0.2) is 0 Å². The number of hydrogen-bond acceptors (Lipinski definition) is 4. The Balaban J connectivity index is 1.94. The molecular weight excluding hydrogens is 294 g/mol. The fraction of sp³-hybridized carbons (Fsp3) is 0.118. The van der Waals surface area contributed by atoms with Crippen molar-refractivity contribution in [3.05, 3.63) is 66.0 Å². The number of nitrogens with one attached hydrogen (secondary N) is 1. The van der Waals surface area contributed by atoms with Gasteiger partial charge < -0.3 is 15.8 Å². The van der Waals surface area contributed by atoms with E-state index in [2.05, 4.69) is 10.3 Å². The minimum Gasteiger partial charge on any atom is -0.483 e. The highest BCUT2D eigenvalue weighted by molar-refractivity contribution is 5.92. The lowest BCUT2D eigenvalue weighted by atomic mass is 10.2. The number of carbonyl (C=O) groups excluding carboxylic acids is 2. The molecule has 1 heterocycles. The molecule has 6 nitrogen and oxygen atoms in total. The minimum absolute atomic E-state index is 0.210. The van der Waals surface area contributed by atoms with Gasteiger partial charge in [-0.2, -0.15) is 0 Å². The van der Waals surface area contributed by atoms with Gasteiger partial charge in [-0.15, -0.1) is 0 Å². The number of amides is 2. The van der Waals surface area contributed by atoms with Crippen LogP contribution in [0.4, 0.5) is 0 Å². The van der Waals surface area contributed by atoms with Crippen LogP contribution in [0.2, 0.25) is 0 Å². The van der Waals surface area contributed by atoms with Crippen LogP contribution in [0.15, 0.2) is 54.9 Å². The third-order valence-electron chi connectivity index (χ3n) is 2.89. The van der Waals surface area contributed by atoms with Crippen molar-refractivity contribution in [2.24, 2.45) is 5.73 Å². The molecule has 0 bridgehead atoms. The molecule has 6 heteroatoms. The highest BCUT2D eigenvalue weighted by Crippen LogP contribution is 2.19. The van der Waals surface area contributed by atoms with Crippen LogP contribution < -0.4 is 15.8 Å². The number of aromatic nitrogens is 1. The number of ether oxygens (including phenoxy) is 1. The number of nitrogens with zero attached hydrogens (tertiary/aromatic N) is 1. The van der Waals surface area contributed by atoms with Gasteiger partial charge in [0, 0.05) is 30.6 Å². The average Bonchev–Trinajstić information content (AvgIpc) is 2.58. The molecule has 3 N–H and O–H groups in total. The van der Waals surface area contributed by atoms with Crippen LogP contribution in [-0.2, 0) is 16.1 Å². The van der Waals surface area contributed by atoms with Crippen molar-refractivity contribution in [2.75, 3.05) is 6.61 Å². The number of pyridine rings is 1. The van der Waals surface area contributed by atoms with Gasteiger partial charge in [0.15, 0.2) is 6.61 Å². The molecular formula is C17H17N3O3. The van der Waals surface area contributed by atoms with E-state index in [4.69, 9.17) is 10.5 Å². The number of benzene rings is 1. The smallest absolute Gasteiger partial charge is 0.255 e. The third-order valence-corrected chi connectivity index (χ3v) is 2.89. The van der Waals surface area contributed by atoms with Crippen LogP contribution in [0.1, 0.15) is 11.1 Å². The maximum absolute atomic E-state index is 11.8. The summed E-state index contributed by atoms with van der Waals surface area (Å²) in [5, 5.41) is 2.76. The Morgan fingerprint density at radius 2 is 2.04 bits per heavy atom. The van der Waals surface area contributed by atoms with Gasteiger partial charge in [0.2, 0.25) is 5.91 Å². The first-order valence-electron chi connectivity index (χ1n) is 7.00. The van der Waals surface area contributed by atoms with Crippen molar-refractivity contribution < 1.29 is 14.3 Å². The zero-order chi connectivity index (χ0) is 16.5. The molecule has 0 spiro atoms. The summed E-state index contributed by atoms with van der Waals surface area (Å²) in [6.07, 6.45) is 6.39. The van der Waals surface area contributed by atoms with Gasteiger partial charge in [-0.3, -0.25) is 14.6 Å². The highest BCUT2D eigenvalue weighted by atomic mass is 16.5. The number of nitrogens with two attached hydrogens (primary N) is 1. The minimum atomic E-state index is -0.557. The molecule has 0 saturated carbocycles. The molecule has 1 aromatic carbocycles. The Morgan fingerprint density at radius 1 is 1.22 bits per heavy atom. The van der Waals surface area contributed by atoms with Crippen LogP contribution in [0, 0.1) is 0 Å². The van der Waals surface area contributed by atoms with Crippen LogP contribution in [0.3, 0.4) is 0 Å². The molecule has 118 valence electrons. The lowest BCUT2D eigenvalue weighted by Crippen LogP contribution is -2.20. The van der Waals surface area contributed by atoms with Crippen LogP contribution in [0.25, 0.3) is 6.08 Å². The molecule has 2 rings (SSSR count). The predicted octanol–water partition coefficient (Wildman–Crippen LogP) is 1.28. The fourth-order valence-electron chi connectivity index (χ4n) is 1.81. The molecule has 0 unspecified atom stereocenters. The molecule has 0 aliphatic rings. The lowest BCUT2D eigenvalue weighted by Gasteiger charge is -2.07. The lowest BCUT2D eigenvalue weighted by molar-refractivity contribution is -0.120. The standard InChI is InChI=1S/C17H17N3O3/c18-16(21)12-23-15-6-2-1-5-14(15)7-8-17(22)20-11-13-4-3-9-19-10-13/h1-10H,11-12H2,(H2,18,21)(H,20,22). The van der Waals surface area contributed by atoms with Crippen molar-refractivity contribution in [3.63, 3.8) is 0 Å².